The van der Waals surface area contributed by atoms with Crippen LogP contribution in [-0.2, 0) is 4.74 Å². The fourth-order valence-corrected chi connectivity index (χ4v) is 2.16. The van der Waals surface area contributed by atoms with Gasteiger partial charge in [-0.1, -0.05) is 0 Å². The number of aliphatic hydroxyl groups is 2. The molecule has 1 aliphatic heterocycles. The normalized spacial score (nSPS) is 28.0. The molecule has 0 spiro atoms. The van der Waals surface area contributed by atoms with E-state index >= 15 is 0 Å². The Bertz CT molecular complexity index is 621. The van der Waals surface area contributed by atoms with Crippen LogP contribution in [0.5, 0.6) is 0 Å². The van der Waals surface area contributed by atoms with Gasteiger partial charge in [0.25, 0.3) is 0 Å². The first kappa shape index (κ1) is 11.3. The zero-order valence-electron chi connectivity index (χ0n) is 9.45. The largest absolute Gasteiger partial charge is 0.394 e. The molecule has 3 atom stereocenters. The van der Waals surface area contributed by atoms with Gasteiger partial charge in [0.15, 0.2) is 11.1 Å². The number of nitrogens with zero attached hydrogens (tertiary/aromatic N) is 3. The molecule has 2 aromatic heterocycles. The van der Waals surface area contributed by atoms with Crippen LogP contribution in [0.25, 0.3) is 11.2 Å². The van der Waals surface area contributed by atoms with E-state index in [0.29, 0.717) is 17.6 Å². The Balaban J connectivity index is 2.03. The average Bonchev–Trinajstić information content (AvgIpc) is 2.96. The van der Waals surface area contributed by atoms with Crippen LogP contribution in [0.1, 0.15) is 12.6 Å². The van der Waals surface area contributed by atoms with Crippen LogP contribution in [0.2, 0.25) is 0 Å². The van der Waals surface area contributed by atoms with Gasteiger partial charge in [-0.15, -0.1) is 0 Å². The summed E-state index contributed by atoms with van der Waals surface area (Å²) in [5, 5.41) is 26.4. The quantitative estimate of drug-likeness (QED) is 0.539. The Labute approximate surface area is 101 Å². The average molecular weight is 251 g/mol. The maximum Gasteiger partial charge on any atom is 0.173 e. The molecule has 8 nitrogen and oxygen atoms in total. The summed E-state index contributed by atoms with van der Waals surface area (Å²) in [6.45, 7) is -0.230. The van der Waals surface area contributed by atoms with Crippen LogP contribution in [-0.4, -0.2) is 48.5 Å². The van der Waals surface area contributed by atoms with Gasteiger partial charge in [-0.3, -0.25) is 9.98 Å². The number of ether oxygens (including phenoxy) is 1. The summed E-state index contributed by atoms with van der Waals surface area (Å²) in [4.78, 5) is 10.9. The summed E-state index contributed by atoms with van der Waals surface area (Å²) in [6.07, 6.45) is 1.57. The number of nitrogens with one attached hydrogen (secondary N) is 2. The first-order valence-corrected chi connectivity index (χ1v) is 5.60. The van der Waals surface area contributed by atoms with E-state index in [4.69, 9.17) is 15.3 Å². The summed E-state index contributed by atoms with van der Waals surface area (Å²) in [6, 6.07) is 0. The van der Waals surface area contributed by atoms with Crippen molar-refractivity contribution in [2.45, 2.75) is 24.9 Å². The standard InChI is InChI=1S/C10H13N5O3/c11-9-8-10(13-3-12-8)15(4-14-9)7-1-5(17)6(2-16)18-7/h3-7,11,16-17H,1-2H2,(H,12,13)/t5-,6+,7+/m0/s1. The van der Waals surface area contributed by atoms with Gasteiger partial charge >= 0.3 is 0 Å². The molecule has 1 saturated heterocycles. The van der Waals surface area contributed by atoms with Crippen molar-refractivity contribution in [1.82, 2.24) is 19.5 Å². The second-order valence-corrected chi connectivity index (χ2v) is 4.22. The zero-order valence-corrected chi connectivity index (χ0v) is 9.45. The molecule has 8 heteroatoms. The fraction of sp³-hybridized carbons (Fsp3) is 0.500. The van der Waals surface area contributed by atoms with Gasteiger partial charge in [0.2, 0.25) is 0 Å². The maximum absolute atomic E-state index is 9.71. The Morgan fingerprint density at radius 3 is 3.11 bits per heavy atom. The summed E-state index contributed by atoms with van der Waals surface area (Å²) >= 11 is 0. The number of hydrogen-bond donors (Lipinski definition) is 4. The molecule has 96 valence electrons. The van der Waals surface area contributed by atoms with Gasteiger partial charge < -0.3 is 19.9 Å². The maximum atomic E-state index is 9.71. The van der Waals surface area contributed by atoms with Crippen molar-refractivity contribution < 1.29 is 14.9 Å². The highest BCUT2D eigenvalue weighted by molar-refractivity contribution is 5.68. The van der Waals surface area contributed by atoms with Crippen LogP contribution >= 0.6 is 0 Å². The minimum absolute atomic E-state index is 0.107. The minimum Gasteiger partial charge on any atom is -0.394 e. The SMILES string of the molecule is N=c1ncn([C@H]2C[C@H](O)[C@@H](CO)O2)c2nc[nH]c12. The van der Waals surface area contributed by atoms with E-state index in [9.17, 15) is 5.11 Å². The third kappa shape index (κ3) is 1.62. The topological polar surface area (TPSA) is 120 Å². The second kappa shape index (κ2) is 4.16. The Hall–Kier alpha value is -1.77. The van der Waals surface area contributed by atoms with Crippen molar-refractivity contribution in [1.29, 1.82) is 5.41 Å². The smallest absolute Gasteiger partial charge is 0.173 e. The van der Waals surface area contributed by atoms with E-state index in [1.165, 1.54) is 12.7 Å². The number of imidazole rings is 1. The highest BCUT2D eigenvalue weighted by Crippen LogP contribution is 2.29. The van der Waals surface area contributed by atoms with Crippen LogP contribution in [0.15, 0.2) is 12.7 Å². The number of H-pyrrole nitrogens is 1. The third-order valence-corrected chi connectivity index (χ3v) is 3.11. The van der Waals surface area contributed by atoms with Gasteiger partial charge in [0.1, 0.15) is 24.2 Å². The number of aromatic nitrogens is 4. The van der Waals surface area contributed by atoms with Crippen molar-refractivity contribution in [3.8, 4) is 0 Å². The van der Waals surface area contributed by atoms with Gasteiger partial charge in [-0.2, -0.15) is 0 Å². The second-order valence-electron chi connectivity index (χ2n) is 4.22. The molecule has 0 aromatic carbocycles. The molecule has 3 rings (SSSR count). The molecule has 0 amide bonds. The molecule has 0 radical (unpaired) electrons. The molecule has 0 unspecified atom stereocenters. The molecule has 0 aliphatic carbocycles. The van der Waals surface area contributed by atoms with E-state index < -0.39 is 18.4 Å². The number of fused-ring (bicyclic) bond motifs is 1. The van der Waals surface area contributed by atoms with Crippen LogP contribution < -0.4 is 5.49 Å². The molecule has 3 heterocycles. The van der Waals surface area contributed by atoms with Gasteiger partial charge in [-0.05, 0) is 0 Å². The van der Waals surface area contributed by atoms with Gasteiger partial charge in [-0.25, -0.2) is 9.97 Å². The van der Waals surface area contributed by atoms with E-state index in [0.717, 1.165) is 0 Å². The number of hydrogen-bond acceptors (Lipinski definition) is 6. The Morgan fingerprint density at radius 2 is 2.39 bits per heavy atom. The van der Waals surface area contributed by atoms with E-state index in [1.54, 1.807) is 4.57 Å². The van der Waals surface area contributed by atoms with Crippen LogP contribution in [0.4, 0.5) is 0 Å². The predicted octanol–water partition coefficient (Wildman–Crippen LogP) is -1.12. The molecular formula is C10H13N5O3. The van der Waals surface area contributed by atoms with Gasteiger partial charge in [0, 0.05) is 6.42 Å². The third-order valence-electron chi connectivity index (χ3n) is 3.11. The summed E-state index contributed by atoms with van der Waals surface area (Å²) in [5.74, 6) is 0. The van der Waals surface area contributed by atoms with E-state index in [-0.39, 0.29) is 12.1 Å². The lowest BCUT2D eigenvalue weighted by Gasteiger charge is -2.15. The van der Waals surface area contributed by atoms with Crippen molar-refractivity contribution in [3.05, 3.63) is 18.1 Å². The molecule has 18 heavy (non-hydrogen) atoms. The van der Waals surface area contributed by atoms with E-state index in [1.807, 2.05) is 0 Å². The molecule has 4 N–H and O–H groups in total. The molecular weight excluding hydrogens is 238 g/mol. The number of aromatic amines is 1. The number of rotatable bonds is 2. The first-order valence-electron chi connectivity index (χ1n) is 5.60. The van der Waals surface area contributed by atoms with E-state index in [2.05, 4.69) is 15.0 Å². The predicted molar refractivity (Wildman–Crippen MR) is 59.4 cm³/mol. The first-order chi connectivity index (χ1) is 8.70. The fourth-order valence-electron chi connectivity index (χ4n) is 2.16. The Morgan fingerprint density at radius 1 is 1.56 bits per heavy atom. The van der Waals surface area contributed by atoms with Crippen molar-refractivity contribution >= 4 is 11.2 Å². The molecule has 0 saturated carbocycles. The van der Waals surface area contributed by atoms with Crippen molar-refractivity contribution in [2.24, 2.45) is 0 Å². The van der Waals surface area contributed by atoms with Crippen molar-refractivity contribution in [2.75, 3.05) is 6.61 Å². The monoisotopic (exact) mass is 251 g/mol. The molecule has 1 aliphatic rings. The Kier molecular flexibility index (Phi) is 2.62. The molecule has 1 fully saturated rings. The van der Waals surface area contributed by atoms with Crippen LogP contribution in [0, 0.1) is 5.41 Å². The lowest BCUT2D eigenvalue weighted by molar-refractivity contribution is -0.0435. The minimum atomic E-state index is -0.711. The van der Waals surface area contributed by atoms with Crippen molar-refractivity contribution in [3.63, 3.8) is 0 Å². The zero-order chi connectivity index (χ0) is 12.7. The summed E-state index contributed by atoms with van der Waals surface area (Å²) in [7, 11) is 0. The summed E-state index contributed by atoms with van der Waals surface area (Å²) < 4.78 is 7.19. The van der Waals surface area contributed by atoms with Crippen LogP contribution in [0.3, 0.4) is 0 Å². The highest BCUT2D eigenvalue weighted by Gasteiger charge is 2.35. The lowest BCUT2D eigenvalue weighted by Crippen LogP contribution is -2.24. The molecule has 2 aromatic rings. The summed E-state index contributed by atoms with van der Waals surface area (Å²) in [5.41, 5.74) is 1.17. The van der Waals surface area contributed by atoms with Gasteiger partial charge in [0.05, 0.1) is 19.0 Å². The highest BCUT2D eigenvalue weighted by atomic mass is 16.5. The molecule has 0 bridgehead atoms. The lowest BCUT2D eigenvalue weighted by atomic mass is 10.2. The number of aliphatic hydroxyl groups excluding tert-OH is 2.